The van der Waals surface area contributed by atoms with Crippen LogP contribution in [-0.2, 0) is 6.54 Å². The average molecular weight is 353 g/mol. The Bertz CT molecular complexity index is 592. The molecule has 2 aromatic rings. The molecule has 0 aliphatic rings. The summed E-state index contributed by atoms with van der Waals surface area (Å²) in [5, 5.41) is 0.888. The van der Waals surface area contributed by atoms with Crippen molar-refractivity contribution < 1.29 is 4.79 Å². The molecule has 0 aliphatic heterocycles. The molecule has 0 saturated carbocycles. The van der Waals surface area contributed by atoms with Crippen LogP contribution in [0.2, 0.25) is 0 Å². The molecule has 1 aromatic heterocycles. The Morgan fingerprint density at radius 3 is 2.50 bits per heavy atom. The van der Waals surface area contributed by atoms with Gasteiger partial charge in [0.05, 0.1) is 10.6 Å². The second-order valence-corrected chi connectivity index (χ2v) is 6.93. The Kier molecular flexibility index (Phi) is 4.94. The van der Waals surface area contributed by atoms with E-state index in [4.69, 9.17) is 0 Å². The third-order valence-electron chi connectivity index (χ3n) is 2.98. The SMILES string of the molecule is CC(C)c1nc(N(C)Cc2ccc(Br)cc2)sc1C=O. The minimum atomic E-state index is 0.265. The van der Waals surface area contributed by atoms with Crippen molar-refractivity contribution in [2.75, 3.05) is 11.9 Å². The van der Waals surface area contributed by atoms with Gasteiger partial charge in [0.15, 0.2) is 11.4 Å². The fourth-order valence-corrected chi connectivity index (χ4v) is 3.18. The number of rotatable bonds is 5. The van der Waals surface area contributed by atoms with Crippen LogP contribution in [0, 0.1) is 0 Å². The lowest BCUT2D eigenvalue weighted by atomic mass is 10.1. The molecule has 0 N–H and O–H groups in total. The Balaban J connectivity index is 2.18. The van der Waals surface area contributed by atoms with Gasteiger partial charge in [0.1, 0.15) is 0 Å². The van der Waals surface area contributed by atoms with Gasteiger partial charge in [0.2, 0.25) is 0 Å². The lowest BCUT2D eigenvalue weighted by Gasteiger charge is -2.15. The van der Waals surface area contributed by atoms with E-state index in [-0.39, 0.29) is 5.92 Å². The minimum absolute atomic E-state index is 0.265. The Morgan fingerprint density at radius 2 is 2.00 bits per heavy atom. The van der Waals surface area contributed by atoms with Gasteiger partial charge in [-0.3, -0.25) is 4.79 Å². The molecule has 0 saturated heterocycles. The summed E-state index contributed by atoms with van der Waals surface area (Å²) < 4.78 is 1.07. The van der Waals surface area contributed by atoms with Crippen molar-refractivity contribution in [1.82, 2.24) is 4.98 Å². The maximum Gasteiger partial charge on any atom is 0.186 e. The van der Waals surface area contributed by atoms with E-state index in [0.717, 1.165) is 33.0 Å². The van der Waals surface area contributed by atoms with Crippen molar-refractivity contribution in [2.45, 2.75) is 26.3 Å². The molecular formula is C15H17BrN2OS. The van der Waals surface area contributed by atoms with Gasteiger partial charge in [-0.15, -0.1) is 0 Å². The van der Waals surface area contributed by atoms with Crippen LogP contribution >= 0.6 is 27.3 Å². The number of anilines is 1. The molecule has 5 heteroatoms. The number of hydrogen-bond donors (Lipinski definition) is 0. The fourth-order valence-electron chi connectivity index (χ4n) is 1.92. The third-order valence-corrected chi connectivity index (χ3v) is 4.62. The van der Waals surface area contributed by atoms with Crippen LogP contribution in [0.5, 0.6) is 0 Å². The van der Waals surface area contributed by atoms with Gasteiger partial charge in [-0.1, -0.05) is 53.2 Å². The number of carbonyl (C=O) groups is 1. The van der Waals surface area contributed by atoms with Gasteiger partial charge < -0.3 is 4.90 Å². The van der Waals surface area contributed by atoms with Gasteiger partial charge in [0.25, 0.3) is 0 Å². The molecule has 3 nitrogen and oxygen atoms in total. The van der Waals surface area contributed by atoms with E-state index in [2.05, 4.69) is 51.8 Å². The minimum Gasteiger partial charge on any atom is -0.347 e. The van der Waals surface area contributed by atoms with Crippen molar-refractivity contribution in [3.63, 3.8) is 0 Å². The van der Waals surface area contributed by atoms with Crippen LogP contribution in [0.25, 0.3) is 0 Å². The van der Waals surface area contributed by atoms with Crippen molar-refractivity contribution in [3.8, 4) is 0 Å². The van der Waals surface area contributed by atoms with Crippen LogP contribution in [0.3, 0.4) is 0 Å². The summed E-state index contributed by atoms with van der Waals surface area (Å²) in [6.45, 7) is 4.89. The highest BCUT2D eigenvalue weighted by Gasteiger charge is 2.16. The fraction of sp³-hybridized carbons (Fsp3) is 0.333. The van der Waals surface area contributed by atoms with Crippen LogP contribution in [0.15, 0.2) is 28.7 Å². The highest BCUT2D eigenvalue weighted by atomic mass is 79.9. The largest absolute Gasteiger partial charge is 0.347 e. The topological polar surface area (TPSA) is 33.2 Å². The number of aldehydes is 1. The smallest absolute Gasteiger partial charge is 0.186 e. The summed E-state index contributed by atoms with van der Waals surface area (Å²) in [5.74, 6) is 0.265. The first-order chi connectivity index (χ1) is 9.51. The van der Waals surface area contributed by atoms with Gasteiger partial charge in [0, 0.05) is 18.1 Å². The molecule has 20 heavy (non-hydrogen) atoms. The Labute approximate surface area is 131 Å². The normalized spacial score (nSPS) is 10.8. The standard InChI is InChI=1S/C15H17BrN2OS/c1-10(2)14-13(9-19)20-15(17-14)18(3)8-11-4-6-12(16)7-5-11/h4-7,9-10H,8H2,1-3H3. The van der Waals surface area contributed by atoms with E-state index in [9.17, 15) is 4.79 Å². The monoisotopic (exact) mass is 352 g/mol. The molecule has 106 valence electrons. The molecule has 0 unspecified atom stereocenters. The van der Waals surface area contributed by atoms with E-state index in [0.29, 0.717) is 0 Å². The number of carbonyl (C=O) groups excluding carboxylic acids is 1. The number of nitrogens with zero attached hydrogens (tertiary/aromatic N) is 2. The van der Waals surface area contributed by atoms with Gasteiger partial charge >= 0.3 is 0 Å². The maximum atomic E-state index is 11.1. The second-order valence-electron chi connectivity index (χ2n) is 5.00. The molecule has 0 radical (unpaired) electrons. The van der Waals surface area contributed by atoms with Crippen molar-refractivity contribution in [1.29, 1.82) is 0 Å². The van der Waals surface area contributed by atoms with E-state index < -0.39 is 0 Å². The zero-order chi connectivity index (χ0) is 14.7. The molecule has 0 fully saturated rings. The zero-order valence-corrected chi connectivity index (χ0v) is 14.2. The summed E-state index contributed by atoms with van der Waals surface area (Å²) in [6.07, 6.45) is 0.907. The summed E-state index contributed by atoms with van der Waals surface area (Å²) in [5.41, 5.74) is 2.10. The first-order valence-electron chi connectivity index (χ1n) is 6.42. The van der Waals surface area contributed by atoms with Crippen LogP contribution in [0.1, 0.15) is 40.7 Å². The Morgan fingerprint density at radius 1 is 1.35 bits per heavy atom. The predicted molar refractivity (Wildman–Crippen MR) is 87.8 cm³/mol. The third kappa shape index (κ3) is 3.46. The molecule has 0 aliphatic carbocycles. The Hall–Kier alpha value is -1.20. The molecule has 2 rings (SSSR count). The number of halogens is 1. The van der Waals surface area contributed by atoms with E-state index in [1.54, 1.807) is 0 Å². The number of hydrogen-bond acceptors (Lipinski definition) is 4. The lowest BCUT2D eigenvalue weighted by molar-refractivity contribution is 0.112. The highest BCUT2D eigenvalue weighted by molar-refractivity contribution is 9.10. The highest BCUT2D eigenvalue weighted by Crippen LogP contribution is 2.29. The summed E-state index contributed by atoms with van der Waals surface area (Å²) in [6, 6.07) is 8.22. The molecule has 0 amide bonds. The van der Waals surface area contributed by atoms with E-state index >= 15 is 0 Å². The van der Waals surface area contributed by atoms with Gasteiger partial charge in [-0.25, -0.2) is 4.98 Å². The number of benzene rings is 1. The first kappa shape index (κ1) is 15.2. The maximum absolute atomic E-state index is 11.1. The van der Waals surface area contributed by atoms with Crippen LogP contribution < -0.4 is 4.90 Å². The average Bonchev–Trinajstić information content (AvgIpc) is 2.86. The van der Waals surface area contributed by atoms with Crippen LogP contribution in [-0.4, -0.2) is 18.3 Å². The van der Waals surface area contributed by atoms with Crippen molar-refractivity contribution >= 4 is 38.7 Å². The molecule has 1 heterocycles. The lowest BCUT2D eigenvalue weighted by Crippen LogP contribution is -2.16. The van der Waals surface area contributed by atoms with Crippen molar-refractivity contribution in [2.24, 2.45) is 0 Å². The summed E-state index contributed by atoms with van der Waals surface area (Å²) in [4.78, 5) is 18.5. The van der Waals surface area contributed by atoms with Crippen LogP contribution in [0.4, 0.5) is 5.13 Å². The zero-order valence-electron chi connectivity index (χ0n) is 11.8. The molecular weight excluding hydrogens is 336 g/mol. The number of thiazole rings is 1. The number of aromatic nitrogens is 1. The van der Waals surface area contributed by atoms with Gasteiger partial charge in [-0.2, -0.15) is 0 Å². The van der Waals surface area contributed by atoms with Gasteiger partial charge in [-0.05, 0) is 23.6 Å². The first-order valence-corrected chi connectivity index (χ1v) is 8.03. The molecule has 1 aromatic carbocycles. The molecule has 0 bridgehead atoms. The van der Waals surface area contributed by atoms with E-state index in [1.165, 1.54) is 16.9 Å². The second kappa shape index (κ2) is 6.50. The quantitative estimate of drug-likeness (QED) is 0.743. The molecule has 0 spiro atoms. The summed E-state index contributed by atoms with van der Waals surface area (Å²) >= 11 is 4.89. The summed E-state index contributed by atoms with van der Waals surface area (Å²) in [7, 11) is 2.00. The van der Waals surface area contributed by atoms with Crippen molar-refractivity contribution in [3.05, 3.63) is 44.9 Å². The predicted octanol–water partition coefficient (Wildman–Crippen LogP) is 4.48. The molecule has 0 atom stereocenters. The van der Waals surface area contributed by atoms with E-state index in [1.807, 2.05) is 19.2 Å².